The van der Waals surface area contributed by atoms with Gasteiger partial charge in [-0.15, -0.1) is 0 Å². The van der Waals surface area contributed by atoms with E-state index in [1.165, 1.54) is 28.4 Å². The van der Waals surface area contributed by atoms with Gasteiger partial charge in [-0.25, -0.2) is 9.59 Å². The molecule has 0 bridgehead atoms. The topological polar surface area (TPSA) is 89.5 Å². The molecule has 8 heteroatoms. The third-order valence-corrected chi connectivity index (χ3v) is 6.87. The first kappa shape index (κ1) is 26.9. The van der Waals surface area contributed by atoms with Crippen LogP contribution in [0.4, 0.5) is 0 Å². The Balaban J connectivity index is 1.62. The Morgan fingerprint density at radius 2 is 0.921 bits per heavy atom. The summed E-state index contributed by atoms with van der Waals surface area (Å²) in [7, 11) is 6.11. The van der Waals surface area contributed by atoms with Gasteiger partial charge in [0.1, 0.15) is 35.2 Å². The van der Waals surface area contributed by atoms with Crippen LogP contribution in [0.15, 0.2) is 48.5 Å². The smallest absolute Gasteiger partial charge is 0.338 e. The molecule has 200 valence electrons. The van der Waals surface area contributed by atoms with Crippen LogP contribution >= 0.6 is 0 Å². The molecular weight excluding hydrogens is 488 g/mol. The van der Waals surface area contributed by atoms with Crippen LogP contribution in [0.2, 0.25) is 0 Å². The van der Waals surface area contributed by atoms with Crippen LogP contribution in [0, 0.1) is 13.8 Å². The number of hydrogen-bond donors (Lipinski definition) is 0. The van der Waals surface area contributed by atoms with E-state index in [0.29, 0.717) is 35.8 Å². The van der Waals surface area contributed by atoms with E-state index in [1.807, 2.05) is 38.1 Å². The van der Waals surface area contributed by atoms with Crippen molar-refractivity contribution >= 4 is 11.9 Å². The maximum Gasteiger partial charge on any atom is 0.338 e. The average molecular weight is 521 g/mol. The molecule has 0 aliphatic heterocycles. The van der Waals surface area contributed by atoms with Gasteiger partial charge in [-0.1, -0.05) is 24.3 Å². The highest BCUT2D eigenvalue weighted by Gasteiger charge is 2.35. The van der Waals surface area contributed by atoms with Crippen LogP contribution in [0.3, 0.4) is 0 Å². The number of rotatable bonds is 8. The van der Waals surface area contributed by atoms with Crippen molar-refractivity contribution in [2.75, 3.05) is 28.4 Å². The van der Waals surface area contributed by atoms with Crippen LogP contribution in [0.5, 0.6) is 23.0 Å². The minimum Gasteiger partial charge on any atom is -0.496 e. The van der Waals surface area contributed by atoms with E-state index in [1.54, 1.807) is 24.3 Å². The third kappa shape index (κ3) is 5.39. The fourth-order valence-electron chi connectivity index (χ4n) is 4.71. The minimum absolute atomic E-state index is 0.279. The Labute approximate surface area is 222 Å². The van der Waals surface area contributed by atoms with Gasteiger partial charge in [0, 0.05) is 24.0 Å². The highest BCUT2D eigenvalue weighted by atomic mass is 16.6. The Morgan fingerprint density at radius 1 is 0.605 bits per heavy atom. The van der Waals surface area contributed by atoms with E-state index in [4.69, 9.17) is 28.4 Å². The van der Waals surface area contributed by atoms with Gasteiger partial charge in [-0.05, 0) is 49.2 Å². The lowest BCUT2D eigenvalue weighted by atomic mass is 9.87. The van der Waals surface area contributed by atoms with Gasteiger partial charge in [-0.3, -0.25) is 0 Å². The number of methoxy groups -OCH3 is 4. The zero-order valence-corrected chi connectivity index (χ0v) is 22.5. The summed E-state index contributed by atoms with van der Waals surface area (Å²) in [6, 6.07) is 14.3. The molecule has 0 N–H and O–H groups in total. The lowest BCUT2D eigenvalue weighted by Gasteiger charge is -2.32. The first-order valence-corrected chi connectivity index (χ1v) is 12.2. The molecule has 0 fully saturated rings. The summed E-state index contributed by atoms with van der Waals surface area (Å²) in [5.41, 5.74) is 4.18. The Kier molecular flexibility index (Phi) is 8.10. The second kappa shape index (κ2) is 11.5. The maximum atomic E-state index is 13.3. The molecule has 0 aromatic heterocycles. The molecule has 0 saturated carbocycles. The standard InChI is InChI=1S/C30H32O8/c1-17-23(33-3)13-21(14-24(17)34-4)29(31)37-27-11-19-9-7-8-10-20(19)12-28(27)38-30(32)22-15-25(35-5)18(2)26(16-22)36-6/h7-10,13-16,27-28H,11-12H2,1-6H3/t27-,28+. The van der Waals surface area contributed by atoms with Gasteiger partial charge in [0.25, 0.3) is 0 Å². The second-order valence-electron chi connectivity index (χ2n) is 9.08. The van der Waals surface area contributed by atoms with Gasteiger partial charge in [0.15, 0.2) is 0 Å². The van der Waals surface area contributed by atoms with Crippen molar-refractivity contribution in [1.82, 2.24) is 0 Å². The minimum atomic E-state index is -0.700. The van der Waals surface area contributed by atoms with E-state index in [2.05, 4.69) is 0 Å². The van der Waals surface area contributed by atoms with Crippen molar-refractivity contribution in [2.45, 2.75) is 38.9 Å². The molecule has 1 aliphatic carbocycles. The largest absolute Gasteiger partial charge is 0.496 e. The molecule has 0 unspecified atom stereocenters. The fraction of sp³-hybridized carbons (Fsp3) is 0.333. The molecule has 0 saturated heterocycles. The van der Waals surface area contributed by atoms with E-state index >= 15 is 0 Å². The molecule has 3 aromatic rings. The number of hydrogen-bond acceptors (Lipinski definition) is 8. The summed E-state index contributed by atoms with van der Waals surface area (Å²) >= 11 is 0. The number of carbonyl (C=O) groups is 2. The highest BCUT2D eigenvalue weighted by molar-refractivity contribution is 5.92. The predicted molar refractivity (Wildman–Crippen MR) is 141 cm³/mol. The third-order valence-electron chi connectivity index (χ3n) is 6.87. The van der Waals surface area contributed by atoms with Crippen molar-refractivity contribution in [3.8, 4) is 23.0 Å². The summed E-state index contributed by atoms with van der Waals surface area (Å²) in [4.78, 5) is 26.5. The molecule has 0 radical (unpaired) electrons. The summed E-state index contributed by atoms with van der Waals surface area (Å²) in [5, 5.41) is 0. The summed E-state index contributed by atoms with van der Waals surface area (Å²) in [5.74, 6) is 0.911. The van der Waals surface area contributed by atoms with E-state index in [9.17, 15) is 9.59 Å². The van der Waals surface area contributed by atoms with Crippen LogP contribution < -0.4 is 18.9 Å². The van der Waals surface area contributed by atoms with Gasteiger partial charge < -0.3 is 28.4 Å². The van der Waals surface area contributed by atoms with Gasteiger partial charge in [0.05, 0.1) is 39.6 Å². The molecular formula is C30H32O8. The zero-order chi connectivity index (χ0) is 27.4. The monoisotopic (exact) mass is 520 g/mol. The number of carbonyl (C=O) groups excluding carboxylic acids is 2. The fourth-order valence-corrected chi connectivity index (χ4v) is 4.71. The number of esters is 2. The Morgan fingerprint density at radius 3 is 1.21 bits per heavy atom. The number of fused-ring (bicyclic) bond motifs is 1. The summed E-state index contributed by atoms with van der Waals surface area (Å²) in [6.07, 6.45) is -0.594. The predicted octanol–water partition coefficient (Wildman–Crippen LogP) is 4.89. The van der Waals surface area contributed by atoms with E-state index in [-0.39, 0.29) is 11.1 Å². The van der Waals surface area contributed by atoms with Crippen molar-refractivity contribution in [1.29, 1.82) is 0 Å². The normalized spacial score (nSPS) is 16.2. The molecule has 0 amide bonds. The van der Waals surface area contributed by atoms with Gasteiger partial charge in [-0.2, -0.15) is 0 Å². The Hall–Kier alpha value is -4.20. The average Bonchev–Trinajstić information content (AvgIpc) is 2.93. The van der Waals surface area contributed by atoms with Crippen molar-refractivity contribution < 1.29 is 38.0 Å². The Bertz CT molecular complexity index is 1190. The molecule has 4 rings (SSSR count). The molecule has 2 atom stereocenters. The molecule has 1 aliphatic rings. The first-order chi connectivity index (χ1) is 18.3. The van der Waals surface area contributed by atoms with Crippen LogP contribution in [-0.4, -0.2) is 52.6 Å². The molecule has 0 spiro atoms. The summed E-state index contributed by atoms with van der Waals surface area (Å²) < 4.78 is 33.5. The van der Waals surface area contributed by atoms with Crippen LogP contribution in [-0.2, 0) is 22.3 Å². The quantitative estimate of drug-likeness (QED) is 0.388. The first-order valence-electron chi connectivity index (χ1n) is 12.2. The van der Waals surface area contributed by atoms with Crippen molar-refractivity contribution in [3.63, 3.8) is 0 Å². The molecule has 3 aromatic carbocycles. The number of ether oxygens (including phenoxy) is 6. The maximum absolute atomic E-state index is 13.3. The second-order valence-corrected chi connectivity index (χ2v) is 9.08. The van der Waals surface area contributed by atoms with E-state index in [0.717, 1.165) is 22.3 Å². The SMILES string of the molecule is COc1cc(C(=O)O[C@H]2Cc3ccccc3C[C@H]2OC(=O)c2cc(OC)c(C)c(OC)c2)cc(OC)c1C. The summed E-state index contributed by atoms with van der Waals surface area (Å²) in [6.45, 7) is 3.69. The van der Waals surface area contributed by atoms with Crippen LogP contribution in [0.1, 0.15) is 43.0 Å². The van der Waals surface area contributed by atoms with E-state index < -0.39 is 24.1 Å². The van der Waals surface area contributed by atoms with Crippen LogP contribution in [0.25, 0.3) is 0 Å². The molecule has 8 nitrogen and oxygen atoms in total. The highest BCUT2D eigenvalue weighted by Crippen LogP contribution is 2.33. The van der Waals surface area contributed by atoms with Gasteiger partial charge >= 0.3 is 11.9 Å². The van der Waals surface area contributed by atoms with Gasteiger partial charge in [0.2, 0.25) is 0 Å². The lowest BCUT2D eigenvalue weighted by molar-refractivity contribution is -0.0389. The van der Waals surface area contributed by atoms with Crippen molar-refractivity contribution in [3.05, 3.63) is 81.9 Å². The lowest BCUT2D eigenvalue weighted by Crippen LogP contribution is -2.41. The molecule has 38 heavy (non-hydrogen) atoms. The molecule has 0 heterocycles. The van der Waals surface area contributed by atoms with Crippen molar-refractivity contribution in [2.24, 2.45) is 0 Å². The zero-order valence-electron chi connectivity index (χ0n) is 22.5. The number of benzene rings is 3.